The number of nitrogens with zero attached hydrogens (tertiary/aromatic N) is 3. The lowest BCUT2D eigenvalue weighted by Gasteiger charge is -2.08. The van der Waals surface area contributed by atoms with Crippen molar-refractivity contribution in [3.05, 3.63) is 47.3 Å². The van der Waals surface area contributed by atoms with Crippen molar-refractivity contribution in [3.63, 3.8) is 0 Å². The summed E-state index contributed by atoms with van der Waals surface area (Å²) in [5, 5.41) is 14.6. The zero-order valence-electron chi connectivity index (χ0n) is 12.5. The van der Waals surface area contributed by atoms with Gasteiger partial charge < -0.3 is 5.11 Å². The Bertz CT molecular complexity index is 869. The van der Waals surface area contributed by atoms with Crippen LogP contribution in [0.1, 0.15) is 21.6 Å². The van der Waals surface area contributed by atoms with Gasteiger partial charge in [-0.2, -0.15) is 5.10 Å². The maximum absolute atomic E-state index is 11.5. The summed E-state index contributed by atoms with van der Waals surface area (Å²) in [6, 6.07) is 8.00. The lowest BCUT2D eigenvalue weighted by Crippen LogP contribution is -2.01. The number of carboxylic acid groups (broad SMARTS) is 1. The van der Waals surface area contributed by atoms with Crippen LogP contribution in [0.4, 0.5) is 0 Å². The van der Waals surface area contributed by atoms with E-state index in [2.05, 4.69) is 10.1 Å². The molecule has 5 nitrogen and oxygen atoms in total. The number of hydrogen-bond acceptors (Lipinski definition) is 4. The van der Waals surface area contributed by atoms with Crippen LogP contribution < -0.4 is 0 Å². The summed E-state index contributed by atoms with van der Waals surface area (Å²) in [4.78, 5) is 17.5. The van der Waals surface area contributed by atoms with Gasteiger partial charge in [-0.25, -0.2) is 9.78 Å². The largest absolute Gasteiger partial charge is 0.478 e. The van der Waals surface area contributed by atoms with Gasteiger partial charge in [0.1, 0.15) is 0 Å². The Morgan fingerprint density at radius 1 is 1.23 bits per heavy atom. The van der Waals surface area contributed by atoms with Crippen LogP contribution in [-0.2, 0) is 7.05 Å². The number of aromatic carboxylic acids is 1. The highest BCUT2D eigenvalue weighted by atomic mass is 32.2. The molecule has 3 rings (SSSR count). The van der Waals surface area contributed by atoms with Crippen LogP contribution in [-0.4, -0.2) is 25.8 Å². The predicted molar refractivity (Wildman–Crippen MR) is 85.5 cm³/mol. The van der Waals surface area contributed by atoms with Crippen LogP contribution in [0.3, 0.4) is 0 Å². The number of carbonyl (C=O) groups is 1. The number of carboxylic acids is 1. The lowest BCUT2D eigenvalue weighted by molar-refractivity contribution is 0.0693. The zero-order valence-corrected chi connectivity index (χ0v) is 13.3. The van der Waals surface area contributed by atoms with Crippen molar-refractivity contribution in [2.45, 2.75) is 23.6 Å². The number of aromatic nitrogens is 3. The summed E-state index contributed by atoms with van der Waals surface area (Å²) in [7, 11) is 1.81. The van der Waals surface area contributed by atoms with Gasteiger partial charge in [0.2, 0.25) is 0 Å². The summed E-state index contributed by atoms with van der Waals surface area (Å²) >= 11 is 1.43. The predicted octanol–water partition coefficient (Wildman–Crippen LogP) is 3.43. The highest BCUT2D eigenvalue weighted by molar-refractivity contribution is 7.99. The molecule has 22 heavy (non-hydrogen) atoms. The quantitative estimate of drug-likeness (QED) is 0.802. The average molecular weight is 313 g/mol. The van der Waals surface area contributed by atoms with E-state index in [0.717, 1.165) is 16.0 Å². The average Bonchev–Trinajstić information content (AvgIpc) is 2.77. The molecule has 0 amide bonds. The van der Waals surface area contributed by atoms with E-state index in [-0.39, 0.29) is 5.56 Å². The second-order valence-electron chi connectivity index (χ2n) is 5.13. The van der Waals surface area contributed by atoms with Gasteiger partial charge in [-0.05, 0) is 26.0 Å². The molecule has 2 heterocycles. The first kappa shape index (κ1) is 14.6. The number of rotatable bonds is 3. The maximum Gasteiger partial charge on any atom is 0.338 e. The third kappa shape index (κ3) is 2.46. The molecule has 0 spiro atoms. The second kappa shape index (κ2) is 5.46. The molecular formula is C16H15N3O2S. The number of pyridine rings is 1. The van der Waals surface area contributed by atoms with Crippen molar-refractivity contribution < 1.29 is 9.90 Å². The molecule has 2 aromatic heterocycles. The monoisotopic (exact) mass is 313 g/mol. The Morgan fingerprint density at radius 2 is 1.91 bits per heavy atom. The van der Waals surface area contributed by atoms with Crippen molar-refractivity contribution in [2.24, 2.45) is 7.05 Å². The summed E-state index contributed by atoms with van der Waals surface area (Å²) in [6.45, 7) is 3.89. The van der Waals surface area contributed by atoms with Gasteiger partial charge in [0, 0.05) is 23.0 Å². The molecule has 3 aromatic rings. The molecule has 6 heteroatoms. The van der Waals surface area contributed by atoms with Crippen molar-refractivity contribution in [1.29, 1.82) is 0 Å². The molecule has 0 bridgehead atoms. The van der Waals surface area contributed by atoms with E-state index in [9.17, 15) is 9.90 Å². The summed E-state index contributed by atoms with van der Waals surface area (Å²) < 4.78 is 1.68. The van der Waals surface area contributed by atoms with E-state index in [1.54, 1.807) is 4.68 Å². The first-order chi connectivity index (χ1) is 10.5. The number of benzene rings is 1. The van der Waals surface area contributed by atoms with E-state index >= 15 is 0 Å². The SMILES string of the molecule is Cc1ccc(Sc2c(C(=O)O)cnc3c2c(C)nn3C)cc1. The van der Waals surface area contributed by atoms with Crippen molar-refractivity contribution in [3.8, 4) is 0 Å². The molecule has 0 atom stereocenters. The van der Waals surface area contributed by atoms with E-state index in [4.69, 9.17) is 0 Å². The molecule has 1 N–H and O–H groups in total. The molecule has 112 valence electrons. The lowest BCUT2D eigenvalue weighted by atomic mass is 10.2. The van der Waals surface area contributed by atoms with Gasteiger partial charge in [-0.1, -0.05) is 29.5 Å². The molecule has 0 saturated heterocycles. The van der Waals surface area contributed by atoms with Crippen LogP contribution >= 0.6 is 11.8 Å². The molecule has 0 fully saturated rings. The number of fused-ring (bicyclic) bond motifs is 1. The van der Waals surface area contributed by atoms with Gasteiger partial charge in [0.05, 0.1) is 16.6 Å². The first-order valence-corrected chi connectivity index (χ1v) is 7.59. The Hall–Kier alpha value is -2.34. The third-order valence-corrected chi connectivity index (χ3v) is 4.59. The van der Waals surface area contributed by atoms with Crippen molar-refractivity contribution in [2.75, 3.05) is 0 Å². The zero-order chi connectivity index (χ0) is 15.9. The minimum Gasteiger partial charge on any atom is -0.478 e. The smallest absolute Gasteiger partial charge is 0.338 e. The first-order valence-electron chi connectivity index (χ1n) is 6.77. The second-order valence-corrected chi connectivity index (χ2v) is 6.21. The van der Waals surface area contributed by atoms with Gasteiger partial charge >= 0.3 is 5.97 Å². The molecular weight excluding hydrogens is 298 g/mol. The van der Waals surface area contributed by atoms with Gasteiger partial charge in [-0.3, -0.25) is 4.68 Å². The van der Waals surface area contributed by atoms with Gasteiger partial charge in [-0.15, -0.1) is 0 Å². The molecule has 0 radical (unpaired) electrons. The fourth-order valence-electron chi connectivity index (χ4n) is 2.36. The van der Waals surface area contributed by atoms with Gasteiger partial charge in [0.15, 0.2) is 5.65 Å². The minimum absolute atomic E-state index is 0.203. The Kier molecular flexibility index (Phi) is 3.62. The van der Waals surface area contributed by atoms with Crippen LogP contribution in [0.25, 0.3) is 11.0 Å². The molecule has 0 unspecified atom stereocenters. The number of aryl methyl sites for hydroxylation is 3. The van der Waals surface area contributed by atoms with Crippen molar-refractivity contribution in [1.82, 2.24) is 14.8 Å². The standard InChI is InChI=1S/C16H15N3O2S/c1-9-4-6-11(7-5-9)22-14-12(16(20)21)8-17-15-13(14)10(2)18-19(15)3/h4-8H,1-3H3,(H,20,21). The topological polar surface area (TPSA) is 68.0 Å². The van der Waals surface area contributed by atoms with E-state index in [0.29, 0.717) is 10.5 Å². The Balaban J connectivity index is 2.22. The summed E-state index contributed by atoms with van der Waals surface area (Å²) in [6.07, 6.45) is 1.41. The molecule has 0 saturated carbocycles. The number of hydrogen-bond donors (Lipinski definition) is 1. The van der Waals surface area contributed by atoms with Crippen LogP contribution in [0.5, 0.6) is 0 Å². The van der Waals surface area contributed by atoms with E-state index < -0.39 is 5.97 Å². The van der Waals surface area contributed by atoms with Crippen LogP contribution in [0.15, 0.2) is 40.3 Å². The highest BCUT2D eigenvalue weighted by Gasteiger charge is 2.20. The van der Waals surface area contributed by atoms with Crippen LogP contribution in [0.2, 0.25) is 0 Å². The van der Waals surface area contributed by atoms with E-state index in [1.165, 1.54) is 23.5 Å². The van der Waals surface area contributed by atoms with Crippen LogP contribution in [0, 0.1) is 13.8 Å². The van der Waals surface area contributed by atoms with Gasteiger partial charge in [0.25, 0.3) is 0 Å². The normalized spacial score (nSPS) is 11.0. The molecule has 0 aliphatic rings. The maximum atomic E-state index is 11.5. The summed E-state index contributed by atoms with van der Waals surface area (Å²) in [5.74, 6) is -0.979. The van der Waals surface area contributed by atoms with E-state index in [1.807, 2.05) is 45.2 Å². The Morgan fingerprint density at radius 3 is 2.55 bits per heavy atom. The fraction of sp³-hybridized carbons (Fsp3) is 0.188. The minimum atomic E-state index is -0.979. The molecule has 1 aromatic carbocycles. The highest BCUT2D eigenvalue weighted by Crippen LogP contribution is 2.37. The summed E-state index contributed by atoms with van der Waals surface area (Å²) in [5.41, 5.74) is 2.84. The molecule has 0 aliphatic carbocycles. The fourth-order valence-corrected chi connectivity index (χ4v) is 3.46. The molecule has 0 aliphatic heterocycles. The third-order valence-electron chi connectivity index (χ3n) is 3.45. The Labute approximate surface area is 132 Å². The van der Waals surface area contributed by atoms with Crippen molar-refractivity contribution >= 4 is 28.8 Å².